The molecule has 0 aliphatic rings. The van der Waals surface area contributed by atoms with Crippen LogP contribution in [0.1, 0.15) is 10.4 Å². The predicted molar refractivity (Wildman–Crippen MR) is 65.5 cm³/mol. The summed E-state index contributed by atoms with van der Waals surface area (Å²) < 4.78 is 30.9. The molecule has 0 amide bonds. The molecular weight excluding hydrogens is 326 g/mol. The molecule has 6 nitrogen and oxygen atoms in total. The van der Waals surface area contributed by atoms with Gasteiger partial charge in [-0.05, 0) is 18.2 Å². The van der Waals surface area contributed by atoms with Crippen molar-refractivity contribution in [3.05, 3.63) is 28.2 Å². The van der Waals surface area contributed by atoms with Gasteiger partial charge in [0.25, 0.3) is 0 Å². The molecule has 0 bridgehead atoms. The Morgan fingerprint density at radius 1 is 1.50 bits per heavy atom. The number of aromatic carboxylic acids is 1. The molecule has 1 aromatic carbocycles. The third kappa shape index (κ3) is 3.77. The number of nitrogens with one attached hydrogen (secondary N) is 1. The Morgan fingerprint density at radius 3 is 2.72 bits per heavy atom. The van der Waals surface area contributed by atoms with Crippen LogP contribution in [0.15, 0.2) is 27.6 Å². The van der Waals surface area contributed by atoms with E-state index in [4.69, 9.17) is 4.74 Å². The van der Waals surface area contributed by atoms with Crippen LogP contribution in [0.25, 0.3) is 0 Å². The van der Waals surface area contributed by atoms with E-state index in [1.54, 1.807) is 0 Å². The van der Waals surface area contributed by atoms with Crippen LogP contribution in [0.2, 0.25) is 0 Å². The number of carboxylic acids is 1. The van der Waals surface area contributed by atoms with Gasteiger partial charge in [-0.25, -0.2) is 13.1 Å². The molecule has 1 rings (SSSR count). The zero-order valence-electron chi connectivity index (χ0n) is 9.47. The van der Waals surface area contributed by atoms with Gasteiger partial charge in [0.1, 0.15) is 0 Å². The van der Waals surface area contributed by atoms with Crippen molar-refractivity contribution < 1.29 is 23.1 Å². The Balaban J connectivity index is 3.02. The summed E-state index contributed by atoms with van der Waals surface area (Å²) in [5, 5.41) is 10.8. The fourth-order valence-electron chi connectivity index (χ4n) is 1.19. The maximum atomic E-state index is 11.8. The Kier molecular flexibility index (Phi) is 5.27. The molecular formula is C10H11BrNO5S-. The van der Waals surface area contributed by atoms with Crippen LogP contribution < -0.4 is 9.83 Å². The lowest BCUT2D eigenvalue weighted by Gasteiger charge is -2.10. The minimum absolute atomic E-state index is 0.107. The molecule has 0 fully saturated rings. The summed E-state index contributed by atoms with van der Waals surface area (Å²) in [5.41, 5.74) is -0.218. The maximum Gasteiger partial charge on any atom is 0.240 e. The average molecular weight is 337 g/mol. The Labute approximate surface area is 113 Å². The highest BCUT2D eigenvalue weighted by molar-refractivity contribution is 9.10. The van der Waals surface area contributed by atoms with Crippen LogP contribution in [-0.2, 0) is 14.8 Å². The van der Waals surface area contributed by atoms with E-state index in [0.717, 1.165) is 6.07 Å². The van der Waals surface area contributed by atoms with E-state index in [1.165, 1.54) is 19.2 Å². The molecule has 0 atom stereocenters. The fraction of sp³-hybridized carbons (Fsp3) is 0.300. The van der Waals surface area contributed by atoms with Gasteiger partial charge in [-0.3, -0.25) is 0 Å². The normalized spacial score (nSPS) is 11.4. The van der Waals surface area contributed by atoms with Gasteiger partial charge < -0.3 is 14.6 Å². The first kappa shape index (κ1) is 15.1. The number of sulfonamides is 1. The standard InChI is InChI=1S/C10H12BrNO5S/c1-17-5-4-12-18(15,16)7-2-3-9(11)8(6-7)10(13)14/h2-3,6,12H,4-5H2,1H3,(H,13,14)/p-1. The van der Waals surface area contributed by atoms with Gasteiger partial charge in [0.15, 0.2) is 0 Å². The van der Waals surface area contributed by atoms with Crippen molar-refractivity contribution >= 4 is 31.9 Å². The molecule has 8 heteroatoms. The minimum Gasteiger partial charge on any atom is -0.545 e. The molecule has 1 N–H and O–H groups in total. The summed E-state index contributed by atoms with van der Waals surface area (Å²) in [6, 6.07) is 3.68. The lowest BCUT2D eigenvalue weighted by molar-refractivity contribution is -0.255. The van der Waals surface area contributed by atoms with Crippen molar-refractivity contribution in [2.75, 3.05) is 20.3 Å². The second-order valence-electron chi connectivity index (χ2n) is 3.32. The molecule has 18 heavy (non-hydrogen) atoms. The van der Waals surface area contributed by atoms with Gasteiger partial charge in [0.05, 0.1) is 17.5 Å². The first-order chi connectivity index (χ1) is 8.38. The van der Waals surface area contributed by atoms with Crippen molar-refractivity contribution in [1.29, 1.82) is 0 Å². The quantitative estimate of drug-likeness (QED) is 0.722. The van der Waals surface area contributed by atoms with Crippen molar-refractivity contribution in [2.24, 2.45) is 0 Å². The highest BCUT2D eigenvalue weighted by atomic mass is 79.9. The summed E-state index contributed by atoms with van der Waals surface area (Å²) in [6.45, 7) is 0.332. The monoisotopic (exact) mass is 336 g/mol. The van der Waals surface area contributed by atoms with Crippen LogP contribution in [0, 0.1) is 0 Å². The topological polar surface area (TPSA) is 95.5 Å². The number of hydrogen-bond donors (Lipinski definition) is 1. The fourth-order valence-corrected chi connectivity index (χ4v) is 2.64. The van der Waals surface area contributed by atoms with E-state index in [1.807, 2.05) is 0 Å². The van der Waals surface area contributed by atoms with Crippen LogP contribution in [-0.4, -0.2) is 34.6 Å². The van der Waals surface area contributed by atoms with E-state index >= 15 is 0 Å². The molecule has 100 valence electrons. The molecule has 1 aromatic rings. The van der Waals surface area contributed by atoms with E-state index in [2.05, 4.69) is 20.7 Å². The number of halogens is 1. The van der Waals surface area contributed by atoms with Crippen molar-refractivity contribution in [2.45, 2.75) is 4.90 Å². The minimum atomic E-state index is -3.75. The second-order valence-corrected chi connectivity index (χ2v) is 5.94. The van der Waals surface area contributed by atoms with Gasteiger partial charge in [0, 0.05) is 23.7 Å². The SMILES string of the molecule is COCCNS(=O)(=O)c1ccc(Br)c(C(=O)[O-])c1. The third-order valence-corrected chi connectivity index (χ3v) is 4.22. The van der Waals surface area contributed by atoms with Crippen LogP contribution in [0.4, 0.5) is 0 Å². The summed E-state index contributed by atoms with van der Waals surface area (Å²) in [4.78, 5) is 10.6. The molecule has 0 radical (unpaired) electrons. The summed E-state index contributed by atoms with van der Waals surface area (Å²) in [7, 11) is -2.30. The first-order valence-corrected chi connectivity index (χ1v) is 7.15. The molecule has 0 aliphatic carbocycles. The second kappa shape index (κ2) is 6.28. The zero-order chi connectivity index (χ0) is 13.8. The van der Waals surface area contributed by atoms with E-state index in [9.17, 15) is 18.3 Å². The van der Waals surface area contributed by atoms with Crippen molar-refractivity contribution in [3.63, 3.8) is 0 Å². The van der Waals surface area contributed by atoms with Crippen molar-refractivity contribution in [1.82, 2.24) is 4.72 Å². The summed E-state index contributed by atoms with van der Waals surface area (Å²) in [6.07, 6.45) is 0. The van der Waals surface area contributed by atoms with Gasteiger partial charge in [-0.2, -0.15) is 0 Å². The van der Waals surface area contributed by atoms with Crippen LogP contribution in [0.5, 0.6) is 0 Å². The van der Waals surface area contributed by atoms with E-state index < -0.39 is 16.0 Å². The highest BCUT2D eigenvalue weighted by Crippen LogP contribution is 2.20. The van der Waals surface area contributed by atoms with E-state index in [0.29, 0.717) is 0 Å². The van der Waals surface area contributed by atoms with Gasteiger partial charge in [-0.1, -0.05) is 15.9 Å². The molecule has 0 saturated heterocycles. The molecule has 0 spiro atoms. The number of carboxylic acid groups (broad SMARTS) is 1. The molecule has 0 unspecified atom stereocenters. The number of rotatable bonds is 6. The average Bonchev–Trinajstić information content (AvgIpc) is 2.29. The van der Waals surface area contributed by atoms with Gasteiger partial charge >= 0.3 is 0 Å². The number of benzene rings is 1. The molecule has 0 aromatic heterocycles. The lowest BCUT2D eigenvalue weighted by atomic mass is 10.2. The largest absolute Gasteiger partial charge is 0.545 e. The smallest absolute Gasteiger partial charge is 0.240 e. The predicted octanol–water partition coefficient (Wildman–Crippen LogP) is -0.263. The number of methoxy groups -OCH3 is 1. The number of carbonyl (C=O) groups excluding carboxylic acids is 1. The van der Waals surface area contributed by atoms with E-state index in [-0.39, 0.29) is 28.1 Å². The molecule has 0 heterocycles. The zero-order valence-corrected chi connectivity index (χ0v) is 11.9. The van der Waals surface area contributed by atoms with Gasteiger partial charge in [0.2, 0.25) is 10.0 Å². The Morgan fingerprint density at radius 2 is 2.17 bits per heavy atom. The number of hydrogen-bond acceptors (Lipinski definition) is 5. The highest BCUT2D eigenvalue weighted by Gasteiger charge is 2.15. The third-order valence-electron chi connectivity index (χ3n) is 2.07. The molecule has 0 saturated carbocycles. The Hall–Kier alpha value is -0.960. The number of carbonyl (C=O) groups is 1. The van der Waals surface area contributed by atoms with Crippen molar-refractivity contribution in [3.8, 4) is 0 Å². The summed E-state index contributed by atoms with van der Waals surface area (Å²) in [5.74, 6) is -1.45. The number of ether oxygens (including phenoxy) is 1. The first-order valence-electron chi connectivity index (χ1n) is 4.88. The lowest BCUT2D eigenvalue weighted by Crippen LogP contribution is -2.28. The van der Waals surface area contributed by atoms with Crippen LogP contribution >= 0.6 is 15.9 Å². The Bertz CT molecular complexity index is 543. The summed E-state index contributed by atoms with van der Waals surface area (Å²) >= 11 is 3.01. The van der Waals surface area contributed by atoms with Gasteiger partial charge in [-0.15, -0.1) is 0 Å². The maximum absolute atomic E-state index is 11.8. The van der Waals surface area contributed by atoms with Crippen LogP contribution in [0.3, 0.4) is 0 Å². The molecule has 0 aliphatic heterocycles.